The Morgan fingerprint density at radius 1 is 1.00 bits per heavy atom. The molecule has 30 heavy (non-hydrogen) atoms. The van der Waals surface area contributed by atoms with Crippen LogP contribution in [0, 0.1) is 5.92 Å². The summed E-state index contributed by atoms with van der Waals surface area (Å²) in [6, 6.07) is 13.4. The number of pyridine rings is 1. The molecule has 1 aliphatic carbocycles. The number of aromatic nitrogens is 3. The van der Waals surface area contributed by atoms with Crippen LogP contribution in [-0.4, -0.2) is 35.1 Å². The van der Waals surface area contributed by atoms with Crippen molar-refractivity contribution in [3.05, 3.63) is 59.9 Å². The van der Waals surface area contributed by atoms with E-state index in [9.17, 15) is 4.79 Å². The topological polar surface area (TPSA) is 86.2 Å². The monoisotopic (exact) mass is 404 g/mol. The Bertz CT molecular complexity index is 1020. The Kier molecular flexibility index (Phi) is 5.88. The minimum absolute atomic E-state index is 0.00928. The Balaban J connectivity index is 1.51. The fourth-order valence-corrected chi connectivity index (χ4v) is 3.71. The number of hydrogen-bond acceptors (Lipinski definition) is 6. The average molecular weight is 404 g/mol. The van der Waals surface area contributed by atoms with Gasteiger partial charge in [0.25, 0.3) is 0 Å². The lowest BCUT2D eigenvalue weighted by molar-refractivity contribution is -0.120. The van der Waals surface area contributed by atoms with Gasteiger partial charge in [0.2, 0.25) is 17.7 Å². The number of amides is 1. The van der Waals surface area contributed by atoms with Crippen molar-refractivity contribution in [2.45, 2.75) is 25.7 Å². The fourth-order valence-electron chi connectivity index (χ4n) is 3.71. The van der Waals surface area contributed by atoms with Crippen LogP contribution in [0.25, 0.3) is 11.4 Å². The van der Waals surface area contributed by atoms with Gasteiger partial charge in [-0.25, -0.2) is 9.97 Å². The molecule has 7 nitrogen and oxygen atoms in total. The predicted octanol–water partition coefficient (Wildman–Crippen LogP) is 3.69. The van der Waals surface area contributed by atoms with Gasteiger partial charge in [-0.2, -0.15) is 4.98 Å². The molecule has 0 saturated carbocycles. The molecule has 0 aliphatic heterocycles. The molecule has 2 heterocycles. The van der Waals surface area contributed by atoms with Gasteiger partial charge >= 0.3 is 0 Å². The molecular formula is C23H24N4O3. The number of benzene rings is 1. The van der Waals surface area contributed by atoms with Crippen LogP contribution in [-0.2, 0) is 17.6 Å². The first-order valence-corrected chi connectivity index (χ1v) is 9.98. The molecule has 3 aromatic rings. The zero-order valence-electron chi connectivity index (χ0n) is 17.1. The second-order valence-corrected chi connectivity index (χ2v) is 7.20. The molecule has 154 valence electrons. The predicted molar refractivity (Wildman–Crippen MR) is 114 cm³/mol. The molecule has 0 bridgehead atoms. The van der Waals surface area contributed by atoms with Gasteiger partial charge in [-0.1, -0.05) is 30.3 Å². The molecule has 1 N–H and O–H groups in total. The van der Waals surface area contributed by atoms with Crippen LogP contribution in [0.15, 0.2) is 48.7 Å². The van der Waals surface area contributed by atoms with Crippen LogP contribution in [0.3, 0.4) is 0 Å². The van der Waals surface area contributed by atoms with Crippen molar-refractivity contribution in [2.75, 3.05) is 19.5 Å². The van der Waals surface area contributed by atoms with Crippen LogP contribution < -0.4 is 14.8 Å². The van der Waals surface area contributed by atoms with E-state index in [2.05, 4.69) is 15.3 Å². The molecule has 0 spiro atoms. The summed E-state index contributed by atoms with van der Waals surface area (Å²) in [7, 11) is 3.19. The first-order valence-electron chi connectivity index (χ1n) is 9.98. The van der Waals surface area contributed by atoms with Crippen LogP contribution in [0.4, 0.5) is 5.69 Å². The third-order valence-electron chi connectivity index (χ3n) is 5.34. The van der Waals surface area contributed by atoms with E-state index >= 15 is 0 Å². The summed E-state index contributed by atoms with van der Waals surface area (Å²) in [4.78, 5) is 26.4. The molecule has 0 fully saturated rings. The van der Waals surface area contributed by atoms with E-state index in [1.807, 2.05) is 30.3 Å². The second kappa shape index (κ2) is 8.90. The number of rotatable bonds is 5. The van der Waals surface area contributed by atoms with E-state index in [-0.39, 0.29) is 11.8 Å². The maximum absolute atomic E-state index is 12.8. The molecule has 1 aromatic carbocycles. The molecule has 0 radical (unpaired) electrons. The van der Waals surface area contributed by atoms with Gasteiger partial charge in [0, 0.05) is 23.1 Å². The van der Waals surface area contributed by atoms with Crippen molar-refractivity contribution in [2.24, 2.45) is 5.92 Å². The van der Waals surface area contributed by atoms with Crippen molar-refractivity contribution >= 4 is 11.6 Å². The van der Waals surface area contributed by atoms with Gasteiger partial charge in [-0.3, -0.25) is 4.79 Å². The van der Waals surface area contributed by atoms with Crippen molar-refractivity contribution in [3.63, 3.8) is 0 Å². The Morgan fingerprint density at radius 2 is 1.80 bits per heavy atom. The smallest absolute Gasteiger partial charge is 0.227 e. The Morgan fingerprint density at radius 3 is 2.50 bits per heavy atom. The average Bonchev–Trinajstić information content (AvgIpc) is 3.02. The quantitative estimate of drug-likeness (QED) is 0.653. The van der Waals surface area contributed by atoms with E-state index in [1.165, 1.54) is 0 Å². The molecule has 7 heteroatoms. The maximum atomic E-state index is 12.8. The molecule has 1 aliphatic rings. The largest absolute Gasteiger partial charge is 0.481 e. The van der Waals surface area contributed by atoms with Gasteiger partial charge in [0.15, 0.2) is 5.82 Å². The summed E-state index contributed by atoms with van der Waals surface area (Å²) >= 11 is 0. The minimum Gasteiger partial charge on any atom is -0.481 e. The first kappa shape index (κ1) is 19.8. The lowest BCUT2D eigenvalue weighted by Gasteiger charge is -2.14. The third kappa shape index (κ3) is 4.25. The molecule has 2 aromatic heterocycles. The molecular weight excluding hydrogens is 380 g/mol. The highest BCUT2D eigenvalue weighted by atomic mass is 16.5. The van der Waals surface area contributed by atoms with Gasteiger partial charge in [-0.05, 0) is 31.7 Å². The van der Waals surface area contributed by atoms with Crippen molar-refractivity contribution < 1.29 is 14.3 Å². The number of fused-ring (bicyclic) bond motifs is 1. The zero-order valence-corrected chi connectivity index (χ0v) is 17.1. The number of hydrogen-bond donors (Lipinski definition) is 1. The summed E-state index contributed by atoms with van der Waals surface area (Å²) in [6.45, 7) is 0. The van der Waals surface area contributed by atoms with Crippen molar-refractivity contribution in [1.82, 2.24) is 15.0 Å². The van der Waals surface area contributed by atoms with Crippen LogP contribution in [0.1, 0.15) is 24.1 Å². The van der Waals surface area contributed by atoms with Gasteiger partial charge < -0.3 is 14.8 Å². The highest BCUT2D eigenvalue weighted by molar-refractivity contribution is 5.92. The van der Waals surface area contributed by atoms with E-state index in [1.54, 1.807) is 32.5 Å². The molecule has 0 saturated heterocycles. The molecule has 1 atom stereocenters. The van der Waals surface area contributed by atoms with E-state index in [0.717, 1.165) is 23.2 Å². The summed E-state index contributed by atoms with van der Waals surface area (Å²) in [5.74, 6) is 1.63. The lowest BCUT2D eigenvalue weighted by Crippen LogP contribution is -2.23. The summed E-state index contributed by atoms with van der Waals surface area (Å²) in [5.41, 5.74) is 3.57. The minimum atomic E-state index is -0.119. The number of anilines is 1. The number of methoxy groups -OCH3 is 2. The number of carbonyl (C=O) groups excluding carboxylic acids is 1. The normalized spacial score (nSPS) is 15.6. The number of carbonyl (C=O) groups is 1. The van der Waals surface area contributed by atoms with Gasteiger partial charge in [0.1, 0.15) is 0 Å². The number of nitrogens with one attached hydrogen (secondary N) is 1. The van der Waals surface area contributed by atoms with Gasteiger partial charge in [-0.15, -0.1) is 0 Å². The Labute approximate surface area is 175 Å². The van der Waals surface area contributed by atoms with Crippen molar-refractivity contribution in [3.8, 4) is 23.1 Å². The second-order valence-electron chi connectivity index (χ2n) is 7.20. The molecule has 4 rings (SSSR count). The molecule has 1 unspecified atom stereocenters. The lowest BCUT2D eigenvalue weighted by atomic mass is 9.98. The molecule has 1 amide bonds. The van der Waals surface area contributed by atoms with Crippen LogP contribution in [0.5, 0.6) is 11.8 Å². The van der Waals surface area contributed by atoms with Gasteiger partial charge in [0.05, 0.1) is 31.8 Å². The Hall–Kier alpha value is -3.48. The van der Waals surface area contributed by atoms with Crippen LogP contribution in [0.2, 0.25) is 0 Å². The van der Waals surface area contributed by atoms with E-state index in [4.69, 9.17) is 14.5 Å². The maximum Gasteiger partial charge on any atom is 0.227 e. The van der Waals surface area contributed by atoms with Crippen LogP contribution >= 0.6 is 0 Å². The first-order chi connectivity index (χ1) is 14.7. The number of ether oxygens (including phenoxy) is 2. The summed E-state index contributed by atoms with van der Waals surface area (Å²) in [5, 5.41) is 2.96. The zero-order chi connectivity index (χ0) is 20.9. The summed E-state index contributed by atoms with van der Waals surface area (Å²) < 4.78 is 10.6. The fraction of sp³-hybridized carbons (Fsp3) is 0.304. The standard InChI is InChI=1S/C23H24N4O3/c1-29-20-13-10-17(14-24-20)25-22(28)16-8-11-18-19(12-9-16)26-21(27-23(18)30-2)15-6-4-3-5-7-15/h3-7,10,13-14,16H,8-9,11-12H2,1-2H3,(H,25,28). The number of aryl methyl sites for hydroxylation is 1. The van der Waals surface area contributed by atoms with E-state index in [0.29, 0.717) is 42.5 Å². The highest BCUT2D eigenvalue weighted by Gasteiger charge is 2.26. The third-order valence-corrected chi connectivity index (χ3v) is 5.34. The van der Waals surface area contributed by atoms with Crippen molar-refractivity contribution in [1.29, 1.82) is 0 Å². The van der Waals surface area contributed by atoms with E-state index < -0.39 is 0 Å². The SMILES string of the molecule is COc1ccc(NC(=O)C2CCc3nc(-c4ccccc4)nc(OC)c3CC2)cn1. The highest BCUT2D eigenvalue weighted by Crippen LogP contribution is 2.31. The number of nitrogens with zero attached hydrogens (tertiary/aromatic N) is 3. The summed E-state index contributed by atoms with van der Waals surface area (Å²) in [6.07, 6.45) is 4.44.